The summed E-state index contributed by atoms with van der Waals surface area (Å²) in [4.78, 5) is 12.7. The Labute approximate surface area is 225 Å². The summed E-state index contributed by atoms with van der Waals surface area (Å²) < 4.78 is 12.0. The van der Waals surface area contributed by atoms with Gasteiger partial charge in [-0.05, 0) is 61.4 Å². The van der Waals surface area contributed by atoms with E-state index in [2.05, 4.69) is 11.9 Å². The fraction of sp³-hybridized carbons (Fsp3) is 0.143. The van der Waals surface area contributed by atoms with Gasteiger partial charge in [0.05, 0.1) is 17.3 Å². The molecule has 0 aromatic heterocycles. The topological polar surface area (TPSA) is 71.4 Å². The van der Waals surface area contributed by atoms with Crippen LogP contribution in [0.4, 0.5) is 5.69 Å². The molecule has 3 rings (SSSR count). The van der Waals surface area contributed by atoms with E-state index in [-0.39, 0.29) is 12.2 Å². The lowest BCUT2D eigenvalue weighted by Gasteiger charge is -2.17. The standard InChI is InChI=1S/C28H23Cl3N2O3/c1-3-7-19-12-18(13-21(16-32)28(34)33-25-9-6-5-8-23(25)30)14-26(35-4-2)27(19)36-17-20-10-11-22(29)15-24(20)31/h3,5-6,8-15H,1,4,7,17H2,2H3,(H,33,34)/b21-13+. The molecule has 0 radical (unpaired) electrons. The van der Waals surface area contributed by atoms with Crippen LogP contribution in [0.2, 0.25) is 15.1 Å². The third kappa shape index (κ3) is 7.05. The van der Waals surface area contributed by atoms with Crippen molar-refractivity contribution in [3.8, 4) is 17.6 Å². The van der Waals surface area contributed by atoms with Crippen molar-refractivity contribution in [1.82, 2.24) is 0 Å². The van der Waals surface area contributed by atoms with Crippen molar-refractivity contribution in [2.24, 2.45) is 0 Å². The third-order valence-corrected chi connectivity index (χ3v) is 5.92. The number of anilines is 1. The average molecular weight is 542 g/mol. The molecule has 0 saturated heterocycles. The molecule has 0 atom stereocenters. The van der Waals surface area contributed by atoms with Gasteiger partial charge in [0.1, 0.15) is 18.2 Å². The van der Waals surface area contributed by atoms with Crippen LogP contribution < -0.4 is 14.8 Å². The highest BCUT2D eigenvalue weighted by molar-refractivity contribution is 6.35. The van der Waals surface area contributed by atoms with Crippen LogP contribution in [-0.4, -0.2) is 12.5 Å². The first-order chi connectivity index (χ1) is 17.4. The summed E-state index contributed by atoms with van der Waals surface area (Å²) in [6.07, 6.45) is 3.69. The molecule has 3 aromatic rings. The average Bonchev–Trinajstić information content (AvgIpc) is 2.84. The molecule has 1 amide bonds. The molecule has 36 heavy (non-hydrogen) atoms. The van der Waals surface area contributed by atoms with Crippen molar-refractivity contribution in [3.05, 3.63) is 105 Å². The van der Waals surface area contributed by atoms with Crippen LogP contribution in [0.25, 0.3) is 6.08 Å². The van der Waals surface area contributed by atoms with Gasteiger partial charge in [0, 0.05) is 21.2 Å². The van der Waals surface area contributed by atoms with Crippen molar-refractivity contribution in [2.45, 2.75) is 20.0 Å². The molecule has 0 aliphatic heterocycles. The minimum atomic E-state index is -0.577. The van der Waals surface area contributed by atoms with E-state index < -0.39 is 5.91 Å². The first-order valence-electron chi connectivity index (χ1n) is 11.0. The summed E-state index contributed by atoms with van der Waals surface area (Å²) in [5.41, 5.74) is 2.45. The van der Waals surface area contributed by atoms with E-state index in [4.69, 9.17) is 44.3 Å². The highest BCUT2D eigenvalue weighted by Gasteiger charge is 2.16. The van der Waals surface area contributed by atoms with Crippen molar-refractivity contribution in [3.63, 3.8) is 0 Å². The number of nitriles is 1. The first kappa shape index (κ1) is 27.2. The minimum absolute atomic E-state index is 0.0939. The summed E-state index contributed by atoms with van der Waals surface area (Å²) in [5.74, 6) is 0.419. The van der Waals surface area contributed by atoms with Crippen LogP contribution in [0.1, 0.15) is 23.6 Å². The molecule has 0 saturated carbocycles. The molecule has 0 unspecified atom stereocenters. The van der Waals surface area contributed by atoms with Crippen LogP contribution in [0.15, 0.2) is 72.8 Å². The van der Waals surface area contributed by atoms with E-state index in [1.165, 1.54) is 6.08 Å². The van der Waals surface area contributed by atoms with Gasteiger partial charge in [0.25, 0.3) is 5.91 Å². The predicted molar refractivity (Wildman–Crippen MR) is 146 cm³/mol. The van der Waals surface area contributed by atoms with Gasteiger partial charge in [-0.3, -0.25) is 4.79 Å². The van der Waals surface area contributed by atoms with Crippen LogP contribution >= 0.6 is 34.8 Å². The molecule has 0 fully saturated rings. The lowest BCUT2D eigenvalue weighted by atomic mass is 10.0. The number of nitrogens with one attached hydrogen (secondary N) is 1. The number of carbonyl (C=O) groups is 1. The largest absolute Gasteiger partial charge is 0.490 e. The molecule has 3 aromatic carbocycles. The Kier molecular flexibility index (Phi) is 9.84. The first-order valence-corrected chi connectivity index (χ1v) is 12.1. The summed E-state index contributed by atoms with van der Waals surface area (Å²) in [6, 6.07) is 17.5. The third-order valence-electron chi connectivity index (χ3n) is 5.00. The van der Waals surface area contributed by atoms with Crippen LogP contribution in [0.5, 0.6) is 11.5 Å². The Morgan fingerprint density at radius 3 is 2.50 bits per heavy atom. The van der Waals surface area contributed by atoms with E-state index in [1.807, 2.05) is 19.1 Å². The van der Waals surface area contributed by atoms with Crippen LogP contribution in [0.3, 0.4) is 0 Å². The number of benzene rings is 3. The van der Waals surface area contributed by atoms with Crippen LogP contribution in [-0.2, 0) is 17.8 Å². The summed E-state index contributed by atoms with van der Waals surface area (Å²) >= 11 is 18.4. The zero-order chi connectivity index (χ0) is 26.1. The second-order valence-electron chi connectivity index (χ2n) is 7.56. The maximum atomic E-state index is 12.7. The number of carbonyl (C=O) groups excluding carboxylic acids is 1. The Balaban J connectivity index is 1.95. The number of ether oxygens (including phenoxy) is 2. The number of halogens is 3. The number of allylic oxidation sites excluding steroid dienone is 1. The van der Waals surface area contributed by atoms with E-state index in [0.717, 1.165) is 11.1 Å². The molecule has 184 valence electrons. The van der Waals surface area contributed by atoms with Crippen molar-refractivity contribution < 1.29 is 14.3 Å². The van der Waals surface area contributed by atoms with Crippen molar-refractivity contribution in [2.75, 3.05) is 11.9 Å². The van der Waals surface area contributed by atoms with Gasteiger partial charge in [0.15, 0.2) is 11.5 Å². The van der Waals surface area contributed by atoms with Crippen molar-refractivity contribution in [1.29, 1.82) is 5.26 Å². The fourth-order valence-electron chi connectivity index (χ4n) is 3.36. The monoisotopic (exact) mass is 540 g/mol. The van der Waals surface area contributed by atoms with Gasteiger partial charge >= 0.3 is 0 Å². The van der Waals surface area contributed by atoms with Gasteiger partial charge in [-0.25, -0.2) is 0 Å². The maximum Gasteiger partial charge on any atom is 0.266 e. The van der Waals surface area contributed by atoms with Gasteiger partial charge < -0.3 is 14.8 Å². The maximum absolute atomic E-state index is 12.7. The molecular formula is C28H23Cl3N2O3. The molecule has 0 heterocycles. The van der Waals surface area contributed by atoms with Crippen LogP contribution in [0, 0.1) is 11.3 Å². The molecule has 1 N–H and O–H groups in total. The molecule has 5 nitrogen and oxygen atoms in total. The molecular weight excluding hydrogens is 519 g/mol. The van der Waals surface area contributed by atoms with Crippen molar-refractivity contribution >= 4 is 52.5 Å². The minimum Gasteiger partial charge on any atom is -0.490 e. The lowest BCUT2D eigenvalue weighted by molar-refractivity contribution is -0.112. The second kappa shape index (κ2) is 13.0. The van der Waals surface area contributed by atoms with E-state index >= 15 is 0 Å². The smallest absolute Gasteiger partial charge is 0.266 e. The summed E-state index contributed by atoms with van der Waals surface area (Å²) in [7, 11) is 0. The molecule has 0 aliphatic carbocycles. The van der Waals surface area contributed by atoms with Gasteiger partial charge in [-0.15, -0.1) is 6.58 Å². The Hall–Kier alpha value is -3.43. The highest BCUT2D eigenvalue weighted by Crippen LogP contribution is 2.36. The second-order valence-corrected chi connectivity index (χ2v) is 8.81. The predicted octanol–water partition coefficient (Wildman–Crippen LogP) is 7.90. The van der Waals surface area contributed by atoms with E-state index in [0.29, 0.717) is 50.8 Å². The Morgan fingerprint density at radius 1 is 1.06 bits per heavy atom. The van der Waals surface area contributed by atoms with E-state index in [1.54, 1.807) is 54.6 Å². The zero-order valence-corrected chi connectivity index (χ0v) is 21.8. The Morgan fingerprint density at radius 2 is 1.83 bits per heavy atom. The number of rotatable bonds is 10. The molecule has 8 heteroatoms. The van der Waals surface area contributed by atoms with Gasteiger partial charge in [-0.2, -0.15) is 5.26 Å². The number of nitrogens with zero attached hydrogens (tertiary/aromatic N) is 1. The summed E-state index contributed by atoms with van der Waals surface area (Å²) in [5, 5.41) is 13.7. The van der Waals surface area contributed by atoms with Gasteiger partial charge in [0.2, 0.25) is 0 Å². The number of hydrogen-bond acceptors (Lipinski definition) is 4. The SMILES string of the molecule is C=CCc1cc(/C=C(\C#N)C(=O)Nc2ccccc2Cl)cc(OCC)c1OCc1ccc(Cl)cc1Cl. The van der Waals surface area contributed by atoms with Gasteiger partial charge in [-0.1, -0.05) is 59.1 Å². The lowest BCUT2D eigenvalue weighted by Crippen LogP contribution is -2.13. The number of para-hydroxylation sites is 1. The fourth-order valence-corrected chi connectivity index (χ4v) is 4.00. The quantitative estimate of drug-likeness (QED) is 0.161. The van der Waals surface area contributed by atoms with E-state index in [9.17, 15) is 10.1 Å². The molecule has 0 bridgehead atoms. The number of amides is 1. The summed E-state index contributed by atoms with van der Waals surface area (Å²) in [6.45, 7) is 6.26. The normalized spacial score (nSPS) is 10.9. The highest BCUT2D eigenvalue weighted by atomic mass is 35.5. The molecule has 0 spiro atoms. The zero-order valence-electron chi connectivity index (χ0n) is 19.5. The molecule has 0 aliphatic rings. The Bertz CT molecular complexity index is 1350. The number of hydrogen-bond donors (Lipinski definition) is 1.